The third-order valence-corrected chi connectivity index (χ3v) is 6.24. The molecule has 7 nitrogen and oxygen atoms in total. The second-order valence-corrected chi connectivity index (χ2v) is 8.08. The summed E-state index contributed by atoms with van der Waals surface area (Å²) in [5, 5.41) is 0. The molecular weight excluding hydrogens is 370 g/mol. The van der Waals surface area contributed by atoms with E-state index in [2.05, 4.69) is 6.92 Å². The summed E-state index contributed by atoms with van der Waals surface area (Å²) >= 11 is 0. The van der Waals surface area contributed by atoms with Gasteiger partial charge in [0, 0.05) is 51.4 Å². The van der Waals surface area contributed by atoms with Crippen LogP contribution in [0.15, 0.2) is 24.3 Å². The van der Waals surface area contributed by atoms with Gasteiger partial charge in [-0.1, -0.05) is 19.1 Å². The van der Waals surface area contributed by atoms with Gasteiger partial charge in [-0.2, -0.15) is 0 Å². The molecular formula is C22H29N3O4. The quantitative estimate of drug-likeness (QED) is 0.769. The maximum Gasteiger partial charge on any atom is 0.251 e. The van der Waals surface area contributed by atoms with Crippen molar-refractivity contribution in [3.8, 4) is 0 Å². The van der Waals surface area contributed by atoms with Crippen LogP contribution < -0.4 is 4.90 Å². The largest absolute Gasteiger partial charge is 0.368 e. The fraction of sp³-hybridized carbons (Fsp3) is 0.591. The number of anilines is 1. The molecule has 7 heteroatoms. The zero-order chi connectivity index (χ0) is 20.4. The molecule has 0 radical (unpaired) electrons. The molecule has 3 fully saturated rings. The summed E-state index contributed by atoms with van der Waals surface area (Å²) in [5.74, 6) is -0.240. The van der Waals surface area contributed by atoms with Gasteiger partial charge in [-0.15, -0.1) is 0 Å². The summed E-state index contributed by atoms with van der Waals surface area (Å²) in [6.45, 7) is 5.29. The number of amides is 3. The number of rotatable bonds is 4. The van der Waals surface area contributed by atoms with Gasteiger partial charge in [-0.3, -0.25) is 14.4 Å². The first-order valence-electron chi connectivity index (χ1n) is 10.6. The minimum atomic E-state index is -0.311. The van der Waals surface area contributed by atoms with Gasteiger partial charge in [0.2, 0.25) is 11.8 Å². The average molecular weight is 399 g/mol. The highest BCUT2D eigenvalue weighted by atomic mass is 16.5. The van der Waals surface area contributed by atoms with Crippen LogP contribution in [0.5, 0.6) is 0 Å². The van der Waals surface area contributed by atoms with E-state index in [0.29, 0.717) is 39.3 Å². The van der Waals surface area contributed by atoms with Gasteiger partial charge < -0.3 is 19.4 Å². The first kappa shape index (κ1) is 19.9. The molecule has 29 heavy (non-hydrogen) atoms. The van der Waals surface area contributed by atoms with Crippen molar-refractivity contribution < 1.29 is 19.1 Å². The van der Waals surface area contributed by atoms with Gasteiger partial charge in [0.15, 0.2) is 0 Å². The molecule has 1 aromatic rings. The molecule has 0 bridgehead atoms. The topological polar surface area (TPSA) is 70.2 Å². The maximum absolute atomic E-state index is 13.0. The summed E-state index contributed by atoms with van der Waals surface area (Å²) in [4.78, 5) is 43.3. The molecule has 0 spiro atoms. The lowest BCUT2D eigenvalue weighted by Crippen LogP contribution is -2.54. The number of piperazine rings is 1. The second kappa shape index (κ2) is 8.53. The monoisotopic (exact) mass is 399 g/mol. The lowest BCUT2D eigenvalue weighted by atomic mass is 10.1. The molecule has 2 unspecified atom stereocenters. The Balaban J connectivity index is 1.32. The predicted octanol–water partition coefficient (Wildman–Crippen LogP) is 1.45. The van der Waals surface area contributed by atoms with Gasteiger partial charge >= 0.3 is 0 Å². The van der Waals surface area contributed by atoms with Gasteiger partial charge in [-0.25, -0.2) is 0 Å². The molecule has 3 amide bonds. The first-order valence-corrected chi connectivity index (χ1v) is 10.6. The molecule has 3 heterocycles. The zero-order valence-corrected chi connectivity index (χ0v) is 17.0. The molecule has 2 atom stereocenters. The Bertz CT molecular complexity index is 765. The molecule has 156 valence electrons. The van der Waals surface area contributed by atoms with Crippen LogP contribution >= 0.6 is 0 Å². The van der Waals surface area contributed by atoms with Crippen molar-refractivity contribution >= 4 is 23.4 Å². The highest BCUT2D eigenvalue weighted by Crippen LogP contribution is 2.27. The third kappa shape index (κ3) is 4.15. The number of hydrogen-bond donors (Lipinski definition) is 0. The van der Waals surface area contributed by atoms with Crippen LogP contribution in [0, 0.1) is 5.92 Å². The van der Waals surface area contributed by atoms with E-state index >= 15 is 0 Å². The van der Waals surface area contributed by atoms with Crippen molar-refractivity contribution in [2.75, 3.05) is 44.2 Å². The second-order valence-electron chi connectivity index (χ2n) is 8.08. The van der Waals surface area contributed by atoms with Crippen molar-refractivity contribution in [2.24, 2.45) is 5.92 Å². The summed E-state index contributed by atoms with van der Waals surface area (Å²) in [5.41, 5.74) is 2.08. The highest BCUT2D eigenvalue weighted by molar-refractivity contribution is 6.00. The Labute approximate surface area is 171 Å². The number of hydrogen-bond acceptors (Lipinski definition) is 4. The Morgan fingerprint density at radius 3 is 2.28 bits per heavy atom. The van der Waals surface area contributed by atoms with Crippen molar-refractivity contribution in [1.29, 1.82) is 0 Å². The Kier molecular flexibility index (Phi) is 5.85. The van der Waals surface area contributed by atoms with Crippen molar-refractivity contribution in [3.05, 3.63) is 29.8 Å². The van der Waals surface area contributed by atoms with E-state index in [1.165, 1.54) is 5.56 Å². The molecule has 0 N–H and O–H groups in total. The summed E-state index contributed by atoms with van der Waals surface area (Å²) in [6, 6.07) is 7.97. The van der Waals surface area contributed by atoms with E-state index in [1.807, 2.05) is 24.3 Å². The van der Waals surface area contributed by atoms with Crippen LogP contribution in [0.2, 0.25) is 0 Å². The van der Waals surface area contributed by atoms with E-state index in [9.17, 15) is 14.4 Å². The van der Waals surface area contributed by atoms with Crippen LogP contribution in [0.4, 0.5) is 5.69 Å². The Morgan fingerprint density at radius 2 is 1.69 bits per heavy atom. The number of benzene rings is 1. The molecule has 1 aromatic carbocycles. The van der Waals surface area contributed by atoms with Crippen molar-refractivity contribution in [1.82, 2.24) is 9.80 Å². The van der Waals surface area contributed by atoms with Gasteiger partial charge in [0.05, 0.1) is 5.92 Å². The van der Waals surface area contributed by atoms with E-state index in [0.717, 1.165) is 24.9 Å². The Hall–Kier alpha value is -2.41. The SMILES string of the molecule is CCc1ccc(N2CC(C(=O)N3CCN(C(=O)C4CCCO4)CC3)CC2=O)cc1. The van der Waals surface area contributed by atoms with Gasteiger partial charge in [-0.05, 0) is 37.0 Å². The smallest absolute Gasteiger partial charge is 0.251 e. The minimum absolute atomic E-state index is 0.000190. The molecule has 4 rings (SSSR count). The van der Waals surface area contributed by atoms with E-state index in [-0.39, 0.29) is 36.2 Å². The summed E-state index contributed by atoms with van der Waals surface area (Å²) in [6.07, 6.45) is 2.62. The molecule has 3 saturated heterocycles. The number of carbonyl (C=O) groups excluding carboxylic acids is 3. The lowest BCUT2D eigenvalue weighted by molar-refractivity contribution is -0.147. The highest BCUT2D eigenvalue weighted by Gasteiger charge is 2.39. The Morgan fingerprint density at radius 1 is 1.03 bits per heavy atom. The van der Waals surface area contributed by atoms with Crippen LogP contribution in [0.3, 0.4) is 0 Å². The van der Waals surface area contributed by atoms with Crippen molar-refractivity contribution in [2.45, 2.75) is 38.7 Å². The van der Waals surface area contributed by atoms with Gasteiger partial charge in [0.1, 0.15) is 6.10 Å². The van der Waals surface area contributed by atoms with E-state index in [1.54, 1.807) is 14.7 Å². The predicted molar refractivity (Wildman–Crippen MR) is 108 cm³/mol. The molecule has 0 saturated carbocycles. The fourth-order valence-corrected chi connectivity index (χ4v) is 4.42. The third-order valence-electron chi connectivity index (χ3n) is 6.24. The van der Waals surface area contributed by atoms with Crippen LogP contribution in [0.25, 0.3) is 0 Å². The van der Waals surface area contributed by atoms with E-state index in [4.69, 9.17) is 4.74 Å². The van der Waals surface area contributed by atoms with Crippen LogP contribution in [-0.4, -0.2) is 73.0 Å². The number of nitrogens with zero attached hydrogens (tertiary/aromatic N) is 3. The standard InChI is InChI=1S/C22H29N3O4/c1-2-16-5-7-18(8-6-16)25-15-17(14-20(25)26)21(27)23-9-11-24(12-10-23)22(28)19-4-3-13-29-19/h5-8,17,19H,2-4,9-15H2,1H3. The summed E-state index contributed by atoms with van der Waals surface area (Å²) < 4.78 is 5.49. The maximum atomic E-state index is 13.0. The van der Waals surface area contributed by atoms with Gasteiger partial charge in [0.25, 0.3) is 5.91 Å². The fourth-order valence-electron chi connectivity index (χ4n) is 4.42. The molecule has 0 aliphatic carbocycles. The molecule has 3 aliphatic rings. The molecule has 3 aliphatic heterocycles. The van der Waals surface area contributed by atoms with Crippen LogP contribution in [-0.2, 0) is 25.5 Å². The minimum Gasteiger partial charge on any atom is -0.368 e. The first-order chi connectivity index (χ1) is 14.1. The normalized spacial score (nSPS) is 25.0. The summed E-state index contributed by atoms with van der Waals surface area (Å²) in [7, 11) is 0. The van der Waals surface area contributed by atoms with Crippen molar-refractivity contribution in [3.63, 3.8) is 0 Å². The number of aryl methyl sites for hydroxylation is 1. The van der Waals surface area contributed by atoms with E-state index < -0.39 is 0 Å². The van der Waals surface area contributed by atoms with Crippen LogP contribution in [0.1, 0.15) is 31.7 Å². The number of ether oxygens (including phenoxy) is 1. The molecule has 0 aromatic heterocycles. The number of carbonyl (C=O) groups is 3. The lowest BCUT2D eigenvalue weighted by Gasteiger charge is -2.36. The average Bonchev–Trinajstić information content (AvgIpc) is 3.43. The zero-order valence-electron chi connectivity index (χ0n) is 17.0.